The van der Waals surface area contributed by atoms with Gasteiger partial charge in [-0.15, -0.1) is 12.4 Å². The Labute approximate surface area is 150 Å². The SMILES string of the molecule is CC(C)CS(=O)(=O)CCC(=O)NC1CCCc2cc(N)ccc21.Cl. The topological polar surface area (TPSA) is 89.3 Å². The average Bonchev–Trinajstić information content (AvgIpc) is 2.44. The first-order chi connectivity index (χ1) is 10.8. The minimum Gasteiger partial charge on any atom is -0.399 e. The highest BCUT2D eigenvalue weighted by atomic mass is 35.5. The van der Waals surface area contributed by atoms with Crippen molar-refractivity contribution in [2.75, 3.05) is 17.2 Å². The third-order valence-corrected chi connectivity index (χ3v) is 6.04. The second kappa shape index (κ2) is 8.72. The molecule has 0 radical (unpaired) electrons. The monoisotopic (exact) mass is 374 g/mol. The predicted molar refractivity (Wildman–Crippen MR) is 100 cm³/mol. The number of nitrogens with two attached hydrogens (primary N) is 1. The van der Waals surface area contributed by atoms with Crippen LogP contribution in [-0.2, 0) is 21.1 Å². The van der Waals surface area contributed by atoms with E-state index in [1.165, 1.54) is 5.56 Å². The van der Waals surface area contributed by atoms with Crippen molar-refractivity contribution in [2.24, 2.45) is 5.92 Å². The van der Waals surface area contributed by atoms with E-state index in [-0.39, 0.29) is 48.2 Å². The van der Waals surface area contributed by atoms with Crippen molar-refractivity contribution in [1.82, 2.24) is 5.32 Å². The Hall–Kier alpha value is -1.27. The molecule has 1 amide bonds. The highest BCUT2D eigenvalue weighted by molar-refractivity contribution is 7.91. The number of aryl methyl sites for hydroxylation is 1. The van der Waals surface area contributed by atoms with E-state index in [9.17, 15) is 13.2 Å². The van der Waals surface area contributed by atoms with Crippen LogP contribution in [0.2, 0.25) is 0 Å². The fourth-order valence-corrected chi connectivity index (χ4v) is 4.77. The fraction of sp³-hybridized carbons (Fsp3) is 0.588. The van der Waals surface area contributed by atoms with Gasteiger partial charge >= 0.3 is 0 Å². The van der Waals surface area contributed by atoms with Gasteiger partial charge in [-0.1, -0.05) is 19.9 Å². The Balaban J connectivity index is 0.00000288. The van der Waals surface area contributed by atoms with Gasteiger partial charge in [0.25, 0.3) is 0 Å². The molecule has 1 aliphatic carbocycles. The maximum absolute atomic E-state index is 12.1. The summed E-state index contributed by atoms with van der Waals surface area (Å²) in [7, 11) is -3.16. The van der Waals surface area contributed by atoms with E-state index in [1.807, 2.05) is 32.0 Å². The number of carbonyl (C=O) groups is 1. The number of sulfone groups is 1. The minimum absolute atomic E-state index is 0. The summed E-state index contributed by atoms with van der Waals surface area (Å²) >= 11 is 0. The zero-order valence-corrected chi connectivity index (χ0v) is 15.9. The van der Waals surface area contributed by atoms with Crippen LogP contribution in [0.1, 0.15) is 50.3 Å². The van der Waals surface area contributed by atoms with Gasteiger partial charge < -0.3 is 11.1 Å². The number of anilines is 1. The van der Waals surface area contributed by atoms with Crippen molar-refractivity contribution < 1.29 is 13.2 Å². The van der Waals surface area contributed by atoms with Gasteiger partial charge in [0.2, 0.25) is 5.91 Å². The van der Waals surface area contributed by atoms with Gasteiger partial charge in [-0.25, -0.2) is 8.42 Å². The highest BCUT2D eigenvalue weighted by Crippen LogP contribution is 2.31. The van der Waals surface area contributed by atoms with E-state index >= 15 is 0 Å². The maximum atomic E-state index is 12.1. The van der Waals surface area contributed by atoms with Crippen molar-refractivity contribution in [2.45, 2.75) is 45.6 Å². The summed E-state index contributed by atoms with van der Waals surface area (Å²) in [6.45, 7) is 3.73. The lowest BCUT2D eigenvalue weighted by molar-refractivity contribution is -0.121. The largest absolute Gasteiger partial charge is 0.399 e. The zero-order valence-electron chi connectivity index (χ0n) is 14.2. The summed E-state index contributed by atoms with van der Waals surface area (Å²) in [5.41, 5.74) is 8.82. The van der Waals surface area contributed by atoms with Gasteiger partial charge in [-0.05, 0) is 48.4 Å². The smallest absolute Gasteiger partial charge is 0.221 e. The van der Waals surface area contributed by atoms with Crippen molar-refractivity contribution in [3.05, 3.63) is 29.3 Å². The second-order valence-electron chi connectivity index (χ2n) is 6.73. The Kier molecular flexibility index (Phi) is 7.55. The summed E-state index contributed by atoms with van der Waals surface area (Å²) in [5, 5.41) is 2.98. The van der Waals surface area contributed by atoms with E-state index < -0.39 is 9.84 Å². The van der Waals surface area contributed by atoms with Crippen molar-refractivity contribution in [3.8, 4) is 0 Å². The number of amides is 1. The normalized spacial score (nSPS) is 17.0. The van der Waals surface area contributed by atoms with Crippen LogP contribution >= 0.6 is 12.4 Å². The van der Waals surface area contributed by atoms with E-state index in [0.717, 1.165) is 30.5 Å². The summed E-state index contributed by atoms with van der Waals surface area (Å²) in [5.74, 6) is -0.0739. The number of fused-ring (bicyclic) bond motifs is 1. The molecule has 1 aliphatic rings. The number of benzene rings is 1. The van der Waals surface area contributed by atoms with Crippen LogP contribution in [0.15, 0.2) is 18.2 Å². The van der Waals surface area contributed by atoms with Crippen LogP contribution in [-0.4, -0.2) is 25.8 Å². The first kappa shape index (κ1) is 20.8. The van der Waals surface area contributed by atoms with Gasteiger partial charge in [0.05, 0.1) is 17.5 Å². The van der Waals surface area contributed by atoms with E-state index in [4.69, 9.17) is 5.73 Å². The molecule has 7 heteroatoms. The molecule has 2 rings (SSSR count). The maximum Gasteiger partial charge on any atom is 0.221 e. The molecule has 1 aromatic carbocycles. The van der Waals surface area contributed by atoms with E-state index in [1.54, 1.807) is 0 Å². The lowest BCUT2D eigenvalue weighted by Gasteiger charge is -2.26. The van der Waals surface area contributed by atoms with Crippen LogP contribution in [0.4, 0.5) is 5.69 Å². The molecule has 0 heterocycles. The van der Waals surface area contributed by atoms with Crippen LogP contribution < -0.4 is 11.1 Å². The Bertz CT molecular complexity index is 674. The lowest BCUT2D eigenvalue weighted by Crippen LogP contribution is -2.32. The molecule has 0 fully saturated rings. The third-order valence-electron chi connectivity index (χ3n) is 4.04. The predicted octanol–water partition coefficient (Wildman–Crippen LogP) is 2.65. The molecule has 0 bridgehead atoms. The second-order valence-corrected chi connectivity index (χ2v) is 8.96. The number of halogens is 1. The van der Waals surface area contributed by atoms with E-state index in [0.29, 0.717) is 0 Å². The molecule has 0 spiro atoms. The van der Waals surface area contributed by atoms with Crippen LogP contribution in [0.5, 0.6) is 0 Å². The molecular weight excluding hydrogens is 348 g/mol. The van der Waals surface area contributed by atoms with Crippen LogP contribution in [0, 0.1) is 5.92 Å². The molecule has 136 valence electrons. The standard InChI is InChI=1S/C17H26N2O3S.ClH/c1-12(2)11-23(21,22)9-8-17(20)19-16-5-3-4-13-10-14(18)6-7-15(13)16;/h6-7,10,12,16H,3-5,8-9,11,18H2,1-2H3,(H,19,20);1H. The number of hydrogen-bond acceptors (Lipinski definition) is 4. The molecule has 24 heavy (non-hydrogen) atoms. The van der Waals surface area contributed by atoms with Crippen molar-refractivity contribution >= 4 is 33.8 Å². The van der Waals surface area contributed by atoms with Gasteiger partial charge in [0.1, 0.15) is 0 Å². The molecule has 1 aromatic rings. The average molecular weight is 375 g/mol. The zero-order chi connectivity index (χ0) is 17.0. The lowest BCUT2D eigenvalue weighted by atomic mass is 9.87. The number of nitrogens with one attached hydrogen (secondary N) is 1. The van der Waals surface area contributed by atoms with Crippen molar-refractivity contribution in [1.29, 1.82) is 0 Å². The molecule has 5 nitrogen and oxygen atoms in total. The van der Waals surface area contributed by atoms with Crippen LogP contribution in [0.3, 0.4) is 0 Å². The summed E-state index contributed by atoms with van der Waals surface area (Å²) in [4.78, 5) is 12.1. The molecule has 0 saturated carbocycles. The van der Waals surface area contributed by atoms with Gasteiger partial charge in [0.15, 0.2) is 9.84 Å². The molecule has 0 aliphatic heterocycles. The van der Waals surface area contributed by atoms with E-state index in [2.05, 4.69) is 5.32 Å². The molecule has 1 atom stereocenters. The Morgan fingerprint density at radius 3 is 2.75 bits per heavy atom. The highest BCUT2D eigenvalue weighted by Gasteiger charge is 2.23. The Morgan fingerprint density at radius 2 is 2.08 bits per heavy atom. The Morgan fingerprint density at radius 1 is 1.38 bits per heavy atom. The first-order valence-electron chi connectivity index (χ1n) is 8.15. The molecule has 0 saturated heterocycles. The number of carbonyl (C=O) groups excluding carboxylic acids is 1. The quantitative estimate of drug-likeness (QED) is 0.749. The number of nitrogen functional groups attached to an aromatic ring is 1. The minimum atomic E-state index is -3.16. The van der Waals surface area contributed by atoms with Crippen LogP contribution in [0.25, 0.3) is 0 Å². The number of hydrogen-bond donors (Lipinski definition) is 2. The molecule has 0 aromatic heterocycles. The first-order valence-corrected chi connectivity index (χ1v) is 9.97. The van der Waals surface area contributed by atoms with Gasteiger partial charge in [0, 0.05) is 12.1 Å². The third kappa shape index (κ3) is 5.98. The van der Waals surface area contributed by atoms with Crippen molar-refractivity contribution in [3.63, 3.8) is 0 Å². The summed E-state index contributed by atoms with van der Waals surface area (Å²) < 4.78 is 23.8. The molecular formula is C17H27ClN2O3S. The summed E-state index contributed by atoms with van der Waals surface area (Å²) in [6, 6.07) is 5.72. The van der Waals surface area contributed by atoms with Gasteiger partial charge in [-0.2, -0.15) is 0 Å². The summed E-state index contributed by atoms with van der Waals surface area (Å²) in [6.07, 6.45) is 2.86. The molecule has 3 N–H and O–H groups in total. The molecule has 1 unspecified atom stereocenters. The van der Waals surface area contributed by atoms with Gasteiger partial charge in [-0.3, -0.25) is 4.79 Å². The number of rotatable bonds is 6. The fourth-order valence-electron chi connectivity index (χ4n) is 3.09.